The molecule has 1 rings (SSSR count). The van der Waals surface area contributed by atoms with Gasteiger partial charge in [0.2, 0.25) is 10.0 Å². The molecule has 21 heavy (non-hydrogen) atoms. The van der Waals surface area contributed by atoms with Crippen LogP contribution >= 0.6 is 23.4 Å². The number of halogens is 1. The molecule has 0 aliphatic carbocycles. The maximum absolute atomic E-state index is 12.4. The minimum atomic E-state index is -3.69. The molecule has 0 aliphatic rings. The van der Waals surface area contributed by atoms with Crippen LogP contribution in [0.3, 0.4) is 0 Å². The fourth-order valence-electron chi connectivity index (χ4n) is 1.80. The Morgan fingerprint density at radius 2 is 2.14 bits per heavy atom. The highest BCUT2D eigenvalue weighted by Crippen LogP contribution is 2.31. The summed E-state index contributed by atoms with van der Waals surface area (Å²) in [6.07, 6.45) is 2.74. The van der Waals surface area contributed by atoms with Crippen molar-refractivity contribution in [2.45, 2.75) is 30.0 Å². The van der Waals surface area contributed by atoms with E-state index >= 15 is 0 Å². The normalized spacial score (nSPS) is 13.2. The van der Waals surface area contributed by atoms with Crippen LogP contribution in [0.25, 0.3) is 0 Å². The smallest absolute Gasteiger partial charge is 0.244 e. The molecule has 0 saturated carbocycles. The lowest BCUT2D eigenvalue weighted by atomic mass is 10.2. The summed E-state index contributed by atoms with van der Waals surface area (Å²) in [5.74, 6) is 0.243. The van der Waals surface area contributed by atoms with E-state index in [2.05, 4.69) is 4.72 Å². The van der Waals surface area contributed by atoms with Gasteiger partial charge in [0.05, 0.1) is 7.11 Å². The van der Waals surface area contributed by atoms with Crippen LogP contribution < -0.4 is 15.2 Å². The number of nitrogens with two attached hydrogens (primary N) is 1. The number of hydrogen-bond acceptors (Lipinski definition) is 5. The summed E-state index contributed by atoms with van der Waals surface area (Å²) in [6.45, 7) is 2.55. The van der Waals surface area contributed by atoms with Crippen molar-refractivity contribution in [2.75, 3.05) is 19.9 Å². The number of methoxy groups -OCH3 is 1. The summed E-state index contributed by atoms with van der Waals surface area (Å²) in [4.78, 5) is 0.0229. The first-order valence-electron chi connectivity index (χ1n) is 6.44. The molecule has 0 spiro atoms. The maximum atomic E-state index is 12.4. The van der Waals surface area contributed by atoms with Crippen LogP contribution in [-0.4, -0.2) is 33.6 Å². The summed E-state index contributed by atoms with van der Waals surface area (Å²) in [6, 6.07) is 2.98. The zero-order chi connectivity index (χ0) is 16.0. The number of sulfonamides is 1. The first kappa shape index (κ1) is 18.6. The molecule has 5 nitrogen and oxygen atoms in total. The molecule has 0 fully saturated rings. The van der Waals surface area contributed by atoms with Crippen LogP contribution in [0.4, 0.5) is 0 Å². The molecule has 0 aromatic heterocycles. The van der Waals surface area contributed by atoms with Gasteiger partial charge < -0.3 is 10.5 Å². The standard InChI is InChI=1S/C13H21ClN2O3S2/c1-9(20-3)4-5-16-21(17,18)12-7-11(14)6-10(8-15)13(12)19-2/h6-7,9,16H,4-5,8,15H2,1-3H3. The molecule has 1 aromatic rings. The van der Waals surface area contributed by atoms with E-state index in [1.54, 1.807) is 17.8 Å². The molecule has 1 atom stereocenters. The lowest BCUT2D eigenvalue weighted by Gasteiger charge is -2.15. The van der Waals surface area contributed by atoms with Gasteiger partial charge in [-0.25, -0.2) is 13.1 Å². The van der Waals surface area contributed by atoms with Gasteiger partial charge in [0.15, 0.2) is 0 Å². The van der Waals surface area contributed by atoms with Crippen LogP contribution in [0, 0.1) is 0 Å². The highest BCUT2D eigenvalue weighted by molar-refractivity contribution is 7.99. The molecule has 0 saturated heterocycles. The number of ether oxygens (including phenoxy) is 1. The molecular formula is C13H21ClN2O3S2. The average molecular weight is 353 g/mol. The summed E-state index contributed by atoms with van der Waals surface area (Å²) in [5, 5.41) is 0.697. The second-order valence-corrected chi connectivity index (χ2v) is 7.98. The van der Waals surface area contributed by atoms with Gasteiger partial charge in [-0.1, -0.05) is 18.5 Å². The van der Waals surface area contributed by atoms with E-state index in [1.807, 2.05) is 13.2 Å². The van der Waals surface area contributed by atoms with Crippen molar-refractivity contribution in [3.05, 3.63) is 22.7 Å². The SMILES string of the molecule is COc1c(CN)cc(Cl)cc1S(=O)(=O)NCCC(C)SC. The number of benzene rings is 1. The Morgan fingerprint density at radius 1 is 1.48 bits per heavy atom. The molecule has 0 aliphatic heterocycles. The molecule has 1 unspecified atom stereocenters. The Hall–Kier alpha value is -0.470. The van der Waals surface area contributed by atoms with Crippen molar-refractivity contribution < 1.29 is 13.2 Å². The summed E-state index contributed by atoms with van der Waals surface area (Å²) in [7, 11) is -2.27. The Kier molecular flexibility index (Phi) is 7.29. The fourth-order valence-corrected chi connectivity index (χ4v) is 3.74. The molecule has 3 N–H and O–H groups in total. The Morgan fingerprint density at radius 3 is 2.67 bits per heavy atom. The molecule has 0 amide bonds. The zero-order valence-electron chi connectivity index (χ0n) is 12.3. The second-order valence-electron chi connectivity index (χ2n) is 4.53. The van der Waals surface area contributed by atoms with Gasteiger partial charge in [-0.15, -0.1) is 0 Å². The number of thioether (sulfide) groups is 1. The fraction of sp³-hybridized carbons (Fsp3) is 0.538. The largest absolute Gasteiger partial charge is 0.495 e. The highest BCUT2D eigenvalue weighted by Gasteiger charge is 2.22. The quantitative estimate of drug-likeness (QED) is 0.749. The number of nitrogens with one attached hydrogen (secondary N) is 1. The van der Waals surface area contributed by atoms with Gasteiger partial charge >= 0.3 is 0 Å². The monoisotopic (exact) mass is 352 g/mol. The minimum absolute atomic E-state index is 0.0229. The summed E-state index contributed by atoms with van der Waals surface area (Å²) >= 11 is 7.65. The van der Waals surface area contributed by atoms with Gasteiger partial charge in [0, 0.05) is 28.9 Å². The van der Waals surface area contributed by atoms with Crippen LogP contribution in [0.1, 0.15) is 18.9 Å². The van der Waals surface area contributed by atoms with Crippen LogP contribution in [0.5, 0.6) is 5.75 Å². The van der Waals surface area contributed by atoms with E-state index in [-0.39, 0.29) is 17.2 Å². The third-order valence-corrected chi connectivity index (χ3v) is 5.78. The summed E-state index contributed by atoms with van der Waals surface area (Å²) < 4.78 is 32.6. The zero-order valence-corrected chi connectivity index (χ0v) is 14.7. The molecule has 0 radical (unpaired) electrons. The van der Waals surface area contributed by atoms with Gasteiger partial charge in [-0.05, 0) is 24.8 Å². The first-order valence-corrected chi connectivity index (χ1v) is 9.59. The van der Waals surface area contributed by atoms with Crippen LogP contribution in [-0.2, 0) is 16.6 Å². The molecule has 120 valence electrons. The highest BCUT2D eigenvalue weighted by atomic mass is 35.5. The molecular weight excluding hydrogens is 332 g/mol. The van der Waals surface area contributed by atoms with Crippen molar-refractivity contribution >= 4 is 33.4 Å². The first-order chi connectivity index (χ1) is 9.85. The maximum Gasteiger partial charge on any atom is 0.244 e. The number of hydrogen-bond donors (Lipinski definition) is 2. The van der Waals surface area contributed by atoms with E-state index < -0.39 is 10.0 Å². The van der Waals surface area contributed by atoms with E-state index in [0.717, 1.165) is 6.42 Å². The average Bonchev–Trinajstić information content (AvgIpc) is 2.45. The van der Waals surface area contributed by atoms with Crippen molar-refractivity contribution in [2.24, 2.45) is 5.73 Å². The molecule has 1 aromatic carbocycles. The lowest BCUT2D eigenvalue weighted by molar-refractivity contribution is 0.397. The second kappa shape index (κ2) is 8.24. The van der Waals surface area contributed by atoms with E-state index in [0.29, 0.717) is 22.4 Å². The van der Waals surface area contributed by atoms with Gasteiger partial charge in [0.1, 0.15) is 10.6 Å². The third kappa shape index (κ3) is 5.03. The van der Waals surface area contributed by atoms with Crippen LogP contribution in [0.2, 0.25) is 5.02 Å². The van der Waals surface area contributed by atoms with E-state index in [1.165, 1.54) is 13.2 Å². The minimum Gasteiger partial charge on any atom is -0.495 e. The predicted octanol–water partition coefficient (Wildman–Crippen LogP) is 2.23. The van der Waals surface area contributed by atoms with Crippen molar-refractivity contribution in [1.29, 1.82) is 0 Å². The van der Waals surface area contributed by atoms with Gasteiger partial charge in [-0.2, -0.15) is 11.8 Å². The Labute approximate surface area is 135 Å². The lowest BCUT2D eigenvalue weighted by Crippen LogP contribution is -2.27. The topological polar surface area (TPSA) is 81.4 Å². The molecule has 0 heterocycles. The number of rotatable bonds is 8. The third-order valence-electron chi connectivity index (χ3n) is 3.06. The van der Waals surface area contributed by atoms with Gasteiger partial charge in [-0.3, -0.25) is 0 Å². The van der Waals surface area contributed by atoms with Gasteiger partial charge in [0.25, 0.3) is 0 Å². The predicted molar refractivity (Wildman–Crippen MR) is 88.7 cm³/mol. The van der Waals surface area contributed by atoms with E-state index in [4.69, 9.17) is 22.1 Å². The molecule has 8 heteroatoms. The van der Waals surface area contributed by atoms with Crippen LogP contribution in [0.15, 0.2) is 17.0 Å². The summed E-state index contributed by atoms with van der Waals surface area (Å²) in [5.41, 5.74) is 6.17. The van der Waals surface area contributed by atoms with Crippen molar-refractivity contribution in [3.8, 4) is 5.75 Å². The Balaban J connectivity index is 3.04. The Bertz CT molecular complexity index is 579. The van der Waals surface area contributed by atoms with E-state index in [9.17, 15) is 8.42 Å². The molecule has 0 bridgehead atoms. The van der Waals surface area contributed by atoms with Crippen molar-refractivity contribution in [1.82, 2.24) is 4.72 Å². The van der Waals surface area contributed by atoms with Crippen molar-refractivity contribution in [3.63, 3.8) is 0 Å².